The fraction of sp³-hybridized carbons (Fsp3) is 0.857. The van der Waals surface area contributed by atoms with Gasteiger partial charge in [-0.2, -0.15) is 11.8 Å². The first-order valence-electron chi connectivity index (χ1n) is 7.17. The average molecular weight is 305 g/mol. The zero-order chi connectivity index (χ0) is 15.6. The van der Waals surface area contributed by atoms with E-state index in [1.807, 2.05) is 32.8 Å². The van der Waals surface area contributed by atoms with Crippen LogP contribution in [0.1, 0.15) is 26.7 Å². The third kappa shape index (κ3) is 10.1. The molecule has 0 saturated heterocycles. The zero-order valence-corrected chi connectivity index (χ0v) is 14.0. The van der Waals surface area contributed by atoms with E-state index in [2.05, 4.69) is 12.2 Å². The second-order valence-corrected chi connectivity index (χ2v) is 6.98. The molecular formula is C14H29N2O3S+. The summed E-state index contributed by atoms with van der Waals surface area (Å²) >= 11 is 1.81. The van der Waals surface area contributed by atoms with Crippen LogP contribution in [-0.4, -0.2) is 66.7 Å². The standard InChI is InChI=1S/C14H28N2O3S/c1-5-9-20-11-12(2)14(19)15-7-6-8-16(3,4)10-13(17)18/h12H,5-11H2,1-4H3,(H-,15,17,18,19)/p+1. The molecule has 0 fully saturated rings. The fourth-order valence-electron chi connectivity index (χ4n) is 1.82. The van der Waals surface area contributed by atoms with E-state index in [1.165, 1.54) is 0 Å². The van der Waals surface area contributed by atoms with Crippen LogP contribution in [0.3, 0.4) is 0 Å². The predicted molar refractivity (Wildman–Crippen MR) is 83.9 cm³/mol. The van der Waals surface area contributed by atoms with Gasteiger partial charge in [0.25, 0.3) is 0 Å². The van der Waals surface area contributed by atoms with E-state index in [4.69, 9.17) is 5.11 Å². The van der Waals surface area contributed by atoms with Crippen molar-refractivity contribution < 1.29 is 19.2 Å². The van der Waals surface area contributed by atoms with Gasteiger partial charge in [0.2, 0.25) is 5.91 Å². The monoisotopic (exact) mass is 305 g/mol. The van der Waals surface area contributed by atoms with E-state index in [-0.39, 0.29) is 18.4 Å². The fourth-order valence-corrected chi connectivity index (χ4v) is 2.78. The van der Waals surface area contributed by atoms with Crippen molar-refractivity contribution in [1.29, 1.82) is 0 Å². The molecule has 1 amide bonds. The molecule has 0 saturated carbocycles. The van der Waals surface area contributed by atoms with Gasteiger partial charge >= 0.3 is 5.97 Å². The highest BCUT2D eigenvalue weighted by atomic mass is 32.2. The Kier molecular flexibility index (Phi) is 9.67. The number of quaternary nitrogens is 1. The Hall–Kier alpha value is -0.750. The number of carboxylic acids is 1. The molecule has 0 aromatic heterocycles. The summed E-state index contributed by atoms with van der Waals surface area (Å²) in [5.74, 6) is 1.30. The number of carbonyl (C=O) groups is 2. The third-order valence-electron chi connectivity index (χ3n) is 2.97. The van der Waals surface area contributed by atoms with Crippen molar-refractivity contribution in [1.82, 2.24) is 5.32 Å². The van der Waals surface area contributed by atoms with Crippen LogP contribution in [0.4, 0.5) is 0 Å². The largest absolute Gasteiger partial charge is 0.477 e. The first-order chi connectivity index (χ1) is 9.28. The van der Waals surface area contributed by atoms with Gasteiger partial charge in [-0.1, -0.05) is 13.8 Å². The lowest BCUT2D eigenvalue weighted by atomic mass is 10.2. The van der Waals surface area contributed by atoms with Gasteiger partial charge in [0.1, 0.15) is 0 Å². The minimum absolute atomic E-state index is 0.0352. The second kappa shape index (κ2) is 10.0. The zero-order valence-electron chi connectivity index (χ0n) is 13.1. The number of carboxylic acid groups (broad SMARTS) is 1. The van der Waals surface area contributed by atoms with Crippen LogP contribution >= 0.6 is 11.8 Å². The minimum Gasteiger partial charge on any atom is -0.477 e. The lowest BCUT2D eigenvalue weighted by molar-refractivity contribution is -0.883. The smallest absolute Gasteiger partial charge is 0.359 e. The van der Waals surface area contributed by atoms with Crippen LogP contribution in [0, 0.1) is 5.92 Å². The molecule has 6 heteroatoms. The summed E-state index contributed by atoms with van der Waals surface area (Å²) in [6.07, 6.45) is 1.93. The molecule has 0 aliphatic carbocycles. The molecule has 0 radical (unpaired) electrons. The molecule has 0 aliphatic rings. The maximum Gasteiger partial charge on any atom is 0.359 e. The highest BCUT2D eigenvalue weighted by molar-refractivity contribution is 7.99. The van der Waals surface area contributed by atoms with Crippen molar-refractivity contribution in [2.24, 2.45) is 5.92 Å². The first-order valence-corrected chi connectivity index (χ1v) is 8.33. The number of aliphatic carboxylic acids is 1. The summed E-state index contributed by atoms with van der Waals surface area (Å²) in [4.78, 5) is 22.5. The molecule has 0 heterocycles. The number of hydrogen-bond acceptors (Lipinski definition) is 3. The Balaban J connectivity index is 3.78. The second-order valence-electron chi connectivity index (χ2n) is 5.83. The van der Waals surface area contributed by atoms with Crippen molar-refractivity contribution in [2.75, 3.05) is 45.2 Å². The topological polar surface area (TPSA) is 66.4 Å². The highest BCUT2D eigenvalue weighted by Crippen LogP contribution is 2.09. The molecule has 20 heavy (non-hydrogen) atoms. The summed E-state index contributed by atoms with van der Waals surface area (Å²) in [6, 6.07) is 0. The maximum atomic E-state index is 11.8. The van der Waals surface area contributed by atoms with Crippen LogP contribution in [-0.2, 0) is 9.59 Å². The number of rotatable bonds is 11. The number of likely N-dealkylation sites (N-methyl/N-ethyl adjacent to an activating group) is 1. The molecule has 0 bridgehead atoms. The van der Waals surface area contributed by atoms with E-state index in [9.17, 15) is 9.59 Å². The lowest BCUT2D eigenvalue weighted by Gasteiger charge is -2.27. The molecule has 0 aromatic carbocycles. The van der Waals surface area contributed by atoms with Gasteiger partial charge in [-0.15, -0.1) is 0 Å². The van der Waals surface area contributed by atoms with Gasteiger partial charge in [0.15, 0.2) is 6.54 Å². The van der Waals surface area contributed by atoms with Crippen molar-refractivity contribution in [3.8, 4) is 0 Å². The Morgan fingerprint density at radius 1 is 1.35 bits per heavy atom. The van der Waals surface area contributed by atoms with Crippen LogP contribution in [0.25, 0.3) is 0 Å². The lowest BCUT2D eigenvalue weighted by Crippen LogP contribution is -2.45. The van der Waals surface area contributed by atoms with E-state index in [0.29, 0.717) is 11.0 Å². The van der Waals surface area contributed by atoms with Gasteiger partial charge in [0, 0.05) is 24.6 Å². The minimum atomic E-state index is -0.791. The van der Waals surface area contributed by atoms with Crippen molar-refractivity contribution >= 4 is 23.6 Å². The van der Waals surface area contributed by atoms with Gasteiger partial charge in [-0.05, 0) is 12.2 Å². The summed E-state index contributed by atoms with van der Waals surface area (Å²) in [7, 11) is 3.78. The molecule has 5 nitrogen and oxygen atoms in total. The van der Waals surface area contributed by atoms with Crippen LogP contribution in [0.15, 0.2) is 0 Å². The summed E-state index contributed by atoms with van der Waals surface area (Å²) < 4.78 is 0.438. The third-order valence-corrected chi connectivity index (χ3v) is 4.40. The Bertz CT molecular complexity index is 309. The van der Waals surface area contributed by atoms with Gasteiger partial charge < -0.3 is 14.9 Å². The summed E-state index contributed by atoms with van der Waals surface area (Å²) in [5.41, 5.74) is 0. The molecule has 0 aromatic rings. The van der Waals surface area contributed by atoms with Gasteiger partial charge in [-0.25, -0.2) is 4.79 Å². The number of carbonyl (C=O) groups excluding carboxylic acids is 1. The van der Waals surface area contributed by atoms with Crippen LogP contribution < -0.4 is 5.32 Å². The number of thioether (sulfide) groups is 1. The van der Waals surface area contributed by atoms with Crippen molar-refractivity contribution in [3.63, 3.8) is 0 Å². The molecule has 118 valence electrons. The SMILES string of the molecule is CCCSCC(C)C(=O)NCCC[N+](C)(C)CC(=O)O. The number of hydrogen-bond donors (Lipinski definition) is 2. The maximum absolute atomic E-state index is 11.8. The van der Waals surface area contributed by atoms with Crippen LogP contribution in [0.2, 0.25) is 0 Å². The van der Waals surface area contributed by atoms with Crippen molar-refractivity contribution in [2.45, 2.75) is 26.7 Å². The van der Waals surface area contributed by atoms with E-state index >= 15 is 0 Å². The molecule has 1 unspecified atom stereocenters. The molecular weight excluding hydrogens is 276 g/mol. The summed E-state index contributed by atoms with van der Waals surface area (Å²) in [6.45, 7) is 5.55. The Morgan fingerprint density at radius 2 is 2.00 bits per heavy atom. The van der Waals surface area contributed by atoms with E-state index < -0.39 is 5.97 Å². The first kappa shape index (κ1) is 19.2. The Labute approximate surface area is 126 Å². The summed E-state index contributed by atoms with van der Waals surface area (Å²) in [5, 5.41) is 11.7. The number of nitrogens with one attached hydrogen (secondary N) is 1. The number of nitrogens with zero attached hydrogens (tertiary/aromatic N) is 1. The molecule has 0 spiro atoms. The number of amides is 1. The normalized spacial score (nSPS) is 13.0. The molecule has 0 aliphatic heterocycles. The van der Waals surface area contributed by atoms with Gasteiger partial charge in [-0.3, -0.25) is 4.79 Å². The molecule has 0 rings (SSSR count). The average Bonchev–Trinajstić information content (AvgIpc) is 2.33. The Morgan fingerprint density at radius 3 is 2.55 bits per heavy atom. The van der Waals surface area contributed by atoms with Crippen molar-refractivity contribution in [3.05, 3.63) is 0 Å². The molecule has 1 atom stereocenters. The van der Waals surface area contributed by atoms with E-state index in [1.54, 1.807) is 0 Å². The highest BCUT2D eigenvalue weighted by Gasteiger charge is 2.19. The van der Waals surface area contributed by atoms with Crippen LogP contribution in [0.5, 0.6) is 0 Å². The molecule has 2 N–H and O–H groups in total. The van der Waals surface area contributed by atoms with E-state index in [0.717, 1.165) is 30.9 Å². The quantitative estimate of drug-likeness (QED) is 0.448. The van der Waals surface area contributed by atoms with Gasteiger partial charge in [0.05, 0.1) is 20.6 Å². The predicted octanol–water partition coefficient (Wildman–Crippen LogP) is 1.43.